The van der Waals surface area contributed by atoms with Crippen LogP contribution in [0.1, 0.15) is 12.5 Å². The maximum atomic E-state index is 12.8. The number of nitrogens with zero attached hydrogens (tertiary/aromatic N) is 1. The van der Waals surface area contributed by atoms with Gasteiger partial charge in [-0.25, -0.2) is 4.79 Å². The van der Waals surface area contributed by atoms with Crippen molar-refractivity contribution in [3.8, 4) is 11.5 Å². The minimum absolute atomic E-state index is 0.146. The molecule has 142 valence electrons. The van der Waals surface area contributed by atoms with Crippen LogP contribution in [0.5, 0.6) is 11.5 Å². The molecule has 2 aromatic rings. The summed E-state index contributed by atoms with van der Waals surface area (Å²) >= 11 is 0. The Morgan fingerprint density at radius 3 is 2.63 bits per heavy atom. The number of urea groups is 1. The highest BCUT2D eigenvalue weighted by Crippen LogP contribution is 2.29. The SMILES string of the molecule is COc1ccc(OC)c(NC(=O)N[C@@H](C)C(=O)N2CCc3ccccc32)c1. The molecule has 0 saturated carbocycles. The lowest BCUT2D eigenvalue weighted by Crippen LogP contribution is -2.47. The fourth-order valence-electron chi connectivity index (χ4n) is 3.13. The third-order valence-electron chi connectivity index (χ3n) is 4.53. The molecule has 1 aliphatic rings. The molecule has 0 aromatic heterocycles. The zero-order chi connectivity index (χ0) is 19.4. The first-order valence-corrected chi connectivity index (χ1v) is 8.72. The lowest BCUT2D eigenvalue weighted by atomic mass is 10.2. The van der Waals surface area contributed by atoms with E-state index in [0.717, 1.165) is 17.7 Å². The monoisotopic (exact) mass is 369 g/mol. The molecular formula is C20H23N3O4. The molecule has 2 aromatic carbocycles. The molecular weight excluding hydrogens is 346 g/mol. The van der Waals surface area contributed by atoms with Crippen LogP contribution in [-0.2, 0) is 11.2 Å². The number of ether oxygens (including phenoxy) is 2. The van der Waals surface area contributed by atoms with Crippen molar-refractivity contribution in [2.45, 2.75) is 19.4 Å². The van der Waals surface area contributed by atoms with Crippen LogP contribution in [0.15, 0.2) is 42.5 Å². The van der Waals surface area contributed by atoms with Gasteiger partial charge in [-0.2, -0.15) is 0 Å². The van der Waals surface area contributed by atoms with Crippen LogP contribution in [0.2, 0.25) is 0 Å². The largest absolute Gasteiger partial charge is 0.497 e. The molecule has 1 heterocycles. The van der Waals surface area contributed by atoms with Crippen molar-refractivity contribution in [2.24, 2.45) is 0 Å². The zero-order valence-electron chi connectivity index (χ0n) is 15.6. The van der Waals surface area contributed by atoms with Crippen molar-refractivity contribution >= 4 is 23.3 Å². The molecule has 1 aliphatic heterocycles. The summed E-state index contributed by atoms with van der Waals surface area (Å²) < 4.78 is 10.4. The first kappa shape index (κ1) is 18.6. The van der Waals surface area contributed by atoms with E-state index in [-0.39, 0.29) is 5.91 Å². The van der Waals surface area contributed by atoms with Crippen LogP contribution in [0, 0.1) is 0 Å². The van der Waals surface area contributed by atoms with Gasteiger partial charge in [0.05, 0.1) is 19.9 Å². The van der Waals surface area contributed by atoms with Gasteiger partial charge in [-0.15, -0.1) is 0 Å². The van der Waals surface area contributed by atoms with E-state index in [1.807, 2.05) is 24.3 Å². The maximum Gasteiger partial charge on any atom is 0.319 e. The van der Waals surface area contributed by atoms with Gasteiger partial charge >= 0.3 is 6.03 Å². The highest BCUT2D eigenvalue weighted by molar-refractivity contribution is 6.02. The van der Waals surface area contributed by atoms with Gasteiger partial charge in [-0.05, 0) is 37.1 Å². The van der Waals surface area contributed by atoms with Crippen LogP contribution < -0.4 is 25.0 Å². The van der Waals surface area contributed by atoms with Gasteiger partial charge in [0.25, 0.3) is 0 Å². The Kier molecular flexibility index (Phi) is 5.49. The highest BCUT2D eigenvalue weighted by atomic mass is 16.5. The van der Waals surface area contributed by atoms with E-state index < -0.39 is 12.1 Å². The lowest BCUT2D eigenvalue weighted by Gasteiger charge is -2.22. The third kappa shape index (κ3) is 3.97. The number of para-hydroxylation sites is 1. The van der Waals surface area contributed by atoms with E-state index in [4.69, 9.17) is 9.47 Å². The summed E-state index contributed by atoms with van der Waals surface area (Å²) in [5.41, 5.74) is 2.51. The fraction of sp³-hybridized carbons (Fsp3) is 0.300. The molecule has 0 unspecified atom stereocenters. The van der Waals surface area contributed by atoms with E-state index in [2.05, 4.69) is 10.6 Å². The van der Waals surface area contributed by atoms with Crippen LogP contribution >= 0.6 is 0 Å². The normalized spacial score (nSPS) is 13.5. The fourth-order valence-corrected chi connectivity index (χ4v) is 3.13. The van der Waals surface area contributed by atoms with E-state index in [0.29, 0.717) is 23.7 Å². The number of hydrogen-bond donors (Lipinski definition) is 2. The number of benzene rings is 2. The predicted molar refractivity (Wildman–Crippen MR) is 104 cm³/mol. The molecule has 0 saturated heterocycles. The van der Waals surface area contributed by atoms with Gasteiger partial charge < -0.3 is 25.0 Å². The number of anilines is 2. The molecule has 0 bridgehead atoms. The van der Waals surface area contributed by atoms with Crippen LogP contribution in [0.25, 0.3) is 0 Å². The maximum absolute atomic E-state index is 12.8. The van der Waals surface area contributed by atoms with Crippen molar-refractivity contribution in [1.29, 1.82) is 0 Å². The molecule has 0 radical (unpaired) electrons. The van der Waals surface area contributed by atoms with Gasteiger partial charge in [-0.3, -0.25) is 4.79 Å². The number of methoxy groups -OCH3 is 2. The van der Waals surface area contributed by atoms with Crippen LogP contribution in [-0.4, -0.2) is 38.7 Å². The molecule has 0 spiro atoms. The number of amides is 3. The smallest absolute Gasteiger partial charge is 0.319 e. The van der Waals surface area contributed by atoms with Crippen molar-refractivity contribution in [1.82, 2.24) is 5.32 Å². The molecule has 1 atom stereocenters. The molecule has 7 nitrogen and oxygen atoms in total. The summed E-state index contributed by atoms with van der Waals surface area (Å²) in [4.78, 5) is 26.8. The van der Waals surface area contributed by atoms with Gasteiger partial charge in [-0.1, -0.05) is 18.2 Å². The van der Waals surface area contributed by atoms with Crippen molar-refractivity contribution in [3.63, 3.8) is 0 Å². The van der Waals surface area contributed by atoms with E-state index in [1.165, 1.54) is 7.11 Å². The number of fused-ring (bicyclic) bond motifs is 1. The number of rotatable bonds is 5. The molecule has 7 heteroatoms. The van der Waals surface area contributed by atoms with Gasteiger partial charge in [0.1, 0.15) is 17.5 Å². The van der Waals surface area contributed by atoms with E-state index in [9.17, 15) is 9.59 Å². The molecule has 0 fully saturated rings. The Morgan fingerprint density at radius 2 is 1.89 bits per heavy atom. The average molecular weight is 369 g/mol. The number of carbonyl (C=O) groups is 2. The van der Waals surface area contributed by atoms with Gasteiger partial charge in [0.15, 0.2) is 0 Å². The number of nitrogens with one attached hydrogen (secondary N) is 2. The average Bonchev–Trinajstić information content (AvgIpc) is 3.11. The predicted octanol–water partition coefficient (Wildman–Crippen LogP) is 2.80. The molecule has 3 amide bonds. The quantitative estimate of drug-likeness (QED) is 0.849. The summed E-state index contributed by atoms with van der Waals surface area (Å²) in [6.45, 7) is 2.29. The number of hydrogen-bond acceptors (Lipinski definition) is 4. The Bertz CT molecular complexity index is 853. The standard InChI is InChI=1S/C20H23N3O4/c1-13(19(24)23-11-10-14-6-4-5-7-17(14)23)21-20(25)22-16-12-15(26-2)8-9-18(16)27-3/h4-9,12-13H,10-11H2,1-3H3,(H2,21,22,25)/t13-/m0/s1. The summed E-state index contributed by atoms with van der Waals surface area (Å²) in [6.07, 6.45) is 0.821. The second-order valence-electron chi connectivity index (χ2n) is 6.25. The minimum Gasteiger partial charge on any atom is -0.497 e. The first-order chi connectivity index (χ1) is 13.0. The second-order valence-corrected chi connectivity index (χ2v) is 6.25. The topological polar surface area (TPSA) is 79.9 Å². The van der Waals surface area contributed by atoms with E-state index in [1.54, 1.807) is 37.1 Å². The Hall–Kier alpha value is -3.22. The molecule has 2 N–H and O–H groups in total. The summed E-state index contributed by atoms with van der Waals surface area (Å²) in [5, 5.41) is 5.39. The lowest BCUT2D eigenvalue weighted by molar-refractivity contribution is -0.119. The van der Waals surface area contributed by atoms with Crippen molar-refractivity contribution in [3.05, 3.63) is 48.0 Å². The number of carbonyl (C=O) groups excluding carboxylic acids is 2. The van der Waals surface area contributed by atoms with Crippen LogP contribution in [0.3, 0.4) is 0 Å². The van der Waals surface area contributed by atoms with Crippen molar-refractivity contribution < 1.29 is 19.1 Å². The Labute approximate surface area is 158 Å². The van der Waals surface area contributed by atoms with E-state index >= 15 is 0 Å². The Morgan fingerprint density at radius 1 is 1.11 bits per heavy atom. The second kappa shape index (κ2) is 7.99. The van der Waals surface area contributed by atoms with Crippen LogP contribution in [0.4, 0.5) is 16.2 Å². The molecule has 0 aliphatic carbocycles. The Balaban J connectivity index is 1.65. The summed E-state index contributed by atoms with van der Waals surface area (Å²) in [6, 6.07) is 11.7. The summed E-state index contributed by atoms with van der Waals surface area (Å²) in [5.74, 6) is 0.940. The minimum atomic E-state index is -0.673. The van der Waals surface area contributed by atoms with Gasteiger partial charge in [0.2, 0.25) is 5.91 Å². The zero-order valence-corrected chi connectivity index (χ0v) is 15.6. The third-order valence-corrected chi connectivity index (χ3v) is 4.53. The van der Waals surface area contributed by atoms with Gasteiger partial charge in [0, 0.05) is 18.3 Å². The summed E-state index contributed by atoms with van der Waals surface area (Å²) in [7, 11) is 3.06. The first-order valence-electron chi connectivity index (χ1n) is 8.72. The molecule has 27 heavy (non-hydrogen) atoms. The molecule has 3 rings (SSSR count). The van der Waals surface area contributed by atoms with Crippen molar-refractivity contribution in [2.75, 3.05) is 31.0 Å². The highest BCUT2D eigenvalue weighted by Gasteiger charge is 2.28.